The van der Waals surface area contributed by atoms with E-state index in [0.717, 1.165) is 18.9 Å². The lowest BCUT2D eigenvalue weighted by atomic mass is 10.1. The first-order chi connectivity index (χ1) is 8.93. The number of nitrogens with zero attached hydrogens (tertiary/aromatic N) is 1. The van der Waals surface area contributed by atoms with Crippen LogP contribution < -0.4 is 5.73 Å². The number of carbonyl (C=O) groups excluding carboxylic acids is 1. The van der Waals surface area contributed by atoms with Gasteiger partial charge in [0.1, 0.15) is 11.6 Å². The van der Waals surface area contributed by atoms with Crippen molar-refractivity contribution in [3.05, 3.63) is 35.4 Å². The maximum Gasteiger partial charge on any atom is 0.224 e. The van der Waals surface area contributed by atoms with Crippen molar-refractivity contribution in [2.24, 2.45) is 5.73 Å². The zero-order valence-electron chi connectivity index (χ0n) is 11.3. The predicted molar refractivity (Wildman–Crippen MR) is 70.3 cm³/mol. The molecule has 0 spiro atoms. The number of hydrogen-bond donors (Lipinski definition) is 1. The topological polar surface area (TPSA) is 46.3 Å². The predicted octanol–water partition coefficient (Wildman–Crippen LogP) is 2.44. The van der Waals surface area contributed by atoms with E-state index in [9.17, 15) is 13.6 Å². The number of amides is 1. The molecule has 5 heteroatoms. The van der Waals surface area contributed by atoms with E-state index < -0.39 is 11.6 Å². The van der Waals surface area contributed by atoms with Crippen molar-refractivity contribution in [1.29, 1.82) is 0 Å². The Morgan fingerprint density at radius 2 is 2.11 bits per heavy atom. The van der Waals surface area contributed by atoms with Crippen molar-refractivity contribution in [2.45, 2.75) is 38.8 Å². The molecule has 0 fully saturated rings. The molecule has 1 aromatic carbocycles. The van der Waals surface area contributed by atoms with E-state index in [-0.39, 0.29) is 24.9 Å². The third-order valence-electron chi connectivity index (χ3n) is 2.94. The number of carbonyl (C=O) groups is 1. The molecule has 1 unspecified atom stereocenters. The molecule has 3 nitrogen and oxygen atoms in total. The van der Waals surface area contributed by atoms with Gasteiger partial charge in [0.15, 0.2) is 0 Å². The maximum atomic E-state index is 13.5. The first-order valence-electron chi connectivity index (χ1n) is 6.37. The minimum atomic E-state index is -0.641. The van der Waals surface area contributed by atoms with E-state index in [2.05, 4.69) is 0 Å². The third-order valence-corrected chi connectivity index (χ3v) is 2.94. The molecule has 0 saturated carbocycles. The summed E-state index contributed by atoms with van der Waals surface area (Å²) in [6.07, 6.45) is 1.95. The highest BCUT2D eigenvalue weighted by molar-refractivity contribution is 5.76. The Morgan fingerprint density at radius 1 is 1.42 bits per heavy atom. The molecule has 0 aliphatic carbocycles. The first kappa shape index (κ1) is 15.6. The van der Waals surface area contributed by atoms with Gasteiger partial charge in [-0.05, 0) is 12.5 Å². The van der Waals surface area contributed by atoms with Crippen LogP contribution >= 0.6 is 0 Å². The quantitative estimate of drug-likeness (QED) is 0.863. The van der Waals surface area contributed by atoms with Gasteiger partial charge in [0.05, 0.1) is 0 Å². The van der Waals surface area contributed by atoms with Crippen LogP contribution in [0.15, 0.2) is 18.2 Å². The molecular formula is C14H20F2N2O. The lowest BCUT2D eigenvalue weighted by Gasteiger charge is -2.19. The lowest BCUT2D eigenvalue weighted by Crippen LogP contribution is -2.33. The number of hydrogen-bond acceptors (Lipinski definition) is 2. The summed E-state index contributed by atoms with van der Waals surface area (Å²) < 4.78 is 26.2. The number of nitrogens with two attached hydrogens (primary N) is 1. The van der Waals surface area contributed by atoms with Gasteiger partial charge in [-0.15, -0.1) is 0 Å². The van der Waals surface area contributed by atoms with Crippen molar-refractivity contribution >= 4 is 5.91 Å². The molecule has 0 radical (unpaired) electrons. The second-order valence-electron chi connectivity index (χ2n) is 4.74. The Hall–Kier alpha value is -1.49. The van der Waals surface area contributed by atoms with E-state index in [1.807, 2.05) is 6.92 Å². The SMILES string of the molecule is CCCC(N)CC(=O)N(C)Cc1ccc(F)cc1F. The van der Waals surface area contributed by atoms with Gasteiger partial charge >= 0.3 is 0 Å². The summed E-state index contributed by atoms with van der Waals surface area (Å²) in [4.78, 5) is 13.3. The largest absolute Gasteiger partial charge is 0.341 e. The van der Waals surface area contributed by atoms with E-state index in [0.29, 0.717) is 5.56 Å². The van der Waals surface area contributed by atoms with Crippen molar-refractivity contribution < 1.29 is 13.6 Å². The average molecular weight is 270 g/mol. The minimum Gasteiger partial charge on any atom is -0.341 e. The summed E-state index contributed by atoms with van der Waals surface area (Å²) >= 11 is 0. The summed E-state index contributed by atoms with van der Waals surface area (Å²) in [6.45, 7) is 2.12. The molecule has 0 saturated heterocycles. The molecule has 0 bridgehead atoms. The fraction of sp³-hybridized carbons (Fsp3) is 0.500. The molecule has 0 aromatic heterocycles. The van der Waals surface area contributed by atoms with Gasteiger partial charge in [-0.3, -0.25) is 4.79 Å². The van der Waals surface area contributed by atoms with E-state index in [1.54, 1.807) is 7.05 Å². The van der Waals surface area contributed by atoms with Gasteiger partial charge in [0.2, 0.25) is 5.91 Å². The second-order valence-corrected chi connectivity index (χ2v) is 4.74. The van der Waals surface area contributed by atoms with Gasteiger partial charge in [-0.25, -0.2) is 8.78 Å². The fourth-order valence-corrected chi connectivity index (χ4v) is 1.85. The van der Waals surface area contributed by atoms with Crippen molar-refractivity contribution in [2.75, 3.05) is 7.05 Å². The highest BCUT2D eigenvalue weighted by atomic mass is 19.1. The van der Waals surface area contributed by atoms with Crippen LogP contribution in [0.4, 0.5) is 8.78 Å². The molecular weight excluding hydrogens is 250 g/mol. The molecule has 1 atom stereocenters. The van der Waals surface area contributed by atoms with Gasteiger partial charge in [-0.1, -0.05) is 19.4 Å². The Balaban J connectivity index is 2.58. The Bertz CT molecular complexity index is 437. The van der Waals surface area contributed by atoms with Gasteiger partial charge in [0, 0.05) is 37.7 Å². The van der Waals surface area contributed by atoms with Crippen molar-refractivity contribution in [1.82, 2.24) is 4.90 Å². The highest BCUT2D eigenvalue weighted by Crippen LogP contribution is 2.12. The van der Waals surface area contributed by atoms with Crippen molar-refractivity contribution in [3.8, 4) is 0 Å². The van der Waals surface area contributed by atoms with Crippen molar-refractivity contribution in [3.63, 3.8) is 0 Å². The monoisotopic (exact) mass is 270 g/mol. The van der Waals surface area contributed by atoms with Gasteiger partial charge < -0.3 is 10.6 Å². The molecule has 0 aliphatic rings. The Kier molecular flexibility index (Phi) is 5.89. The zero-order valence-corrected chi connectivity index (χ0v) is 11.3. The third kappa shape index (κ3) is 4.95. The summed E-state index contributed by atoms with van der Waals surface area (Å²) in [5.41, 5.74) is 6.09. The van der Waals surface area contributed by atoms with Crippen LogP contribution in [0, 0.1) is 11.6 Å². The van der Waals surface area contributed by atoms with E-state index in [4.69, 9.17) is 5.73 Å². The molecule has 1 aromatic rings. The Labute approximate surface area is 112 Å². The Morgan fingerprint density at radius 3 is 2.68 bits per heavy atom. The van der Waals surface area contributed by atoms with Crippen LogP contribution in [0.3, 0.4) is 0 Å². The maximum absolute atomic E-state index is 13.5. The van der Waals surface area contributed by atoms with Gasteiger partial charge in [0.25, 0.3) is 0 Å². The average Bonchev–Trinajstić information content (AvgIpc) is 2.32. The van der Waals surface area contributed by atoms with Crippen LogP contribution in [0.2, 0.25) is 0 Å². The summed E-state index contributed by atoms with van der Waals surface area (Å²) in [5.74, 6) is -1.40. The highest BCUT2D eigenvalue weighted by Gasteiger charge is 2.15. The standard InChI is InChI=1S/C14H20F2N2O/c1-3-4-12(17)8-14(19)18(2)9-10-5-6-11(15)7-13(10)16/h5-7,12H,3-4,8-9,17H2,1-2H3. The molecule has 1 rings (SSSR count). The molecule has 0 heterocycles. The smallest absolute Gasteiger partial charge is 0.224 e. The molecule has 2 N–H and O–H groups in total. The number of benzene rings is 1. The summed E-state index contributed by atoms with van der Waals surface area (Å²) in [5, 5.41) is 0. The van der Waals surface area contributed by atoms with Crippen LogP contribution in [0.5, 0.6) is 0 Å². The second kappa shape index (κ2) is 7.19. The fourth-order valence-electron chi connectivity index (χ4n) is 1.85. The molecule has 1 amide bonds. The van der Waals surface area contributed by atoms with Crippen LogP contribution in [0.25, 0.3) is 0 Å². The van der Waals surface area contributed by atoms with Crippen LogP contribution in [-0.2, 0) is 11.3 Å². The summed E-state index contributed by atoms with van der Waals surface area (Å²) in [7, 11) is 1.59. The molecule has 19 heavy (non-hydrogen) atoms. The molecule has 106 valence electrons. The number of halogens is 2. The van der Waals surface area contributed by atoms with Crippen LogP contribution in [-0.4, -0.2) is 23.9 Å². The van der Waals surface area contributed by atoms with Crippen LogP contribution in [0.1, 0.15) is 31.7 Å². The first-order valence-corrected chi connectivity index (χ1v) is 6.37. The zero-order chi connectivity index (χ0) is 14.4. The normalized spacial score (nSPS) is 12.3. The molecule has 0 aliphatic heterocycles. The van der Waals surface area contributed by atoms with E-state index in [1.165, 1.54) is 17.0 Å². The van der Waals surface area contributed by atoms with E-state index >= 15 is 0 Å². The van der Waals surface area contributed by atoms with Gasteiger partial charge in [-0.2, -0.15) is 0 Å². The number of rotatable bonds is 6. The minimum absolute atomic E-state index is 0.115. The summed E-state index contributed by atoms with van der Waals surface area (Å²) in [6, 6.07) is 3.18. The lowest BCUT2D eigenvalue weighted by molar-refractivity contribution is -0.130.